The first-order valence-electron chi connectivity index (χ1n) is 5.76. The zero-order valence-electron chi connectivity index (χ0n) is 10.1. The van der Waals surface area contributed by atoms with Gasteiger partial charge in [-0.25, -0.2) is 8.42 Å². The van der Waals surface area contributed by atoms with Crippen LogP contribution in [0.15, 0.2) is 0 Å². The Labute approximate surface area is 112 Å². The van der Waals surface area contributed by atoms with E-state index in [0.717, 1.165) is 12.8 Å². The third-order valence-electron chi connectivity index (χ3n) is 2.56. The molecule has 8 heteroatoms. The van der Waals surface area contributed by atoms with Gasteiger partial charge in [0, 0.05) is 19.6 Å². The van der Waals surface area contributed by atoms with Crippen molar-refractivity contribution in [3.8, 4) is 0 Å². The number of carbonyl (C=O) groups excluding carboxylic acids is 1. The lowest BCUT2D eigenvalue weighted by molar-refractivity contribution is -0.119. The second-order valence-corrected chi connectivity index (χ2v) is 6.96. The van der Waals surface area contributed by atoms with E-state index in [-0.39, 0.29) is 23.3 Å². The maximum Gasteiger partial charge on any atom is 0.235 e. The Morgan fingerprint density at radius 2 is 2.22 bits per heavy atom. The Morgan fingerprint density at radius 3 is 2.78 bits per heavy atom. The normalized spacial score (nSPS) is 19.7. The van der Waals surface area contributed by atoms with E-state index in [1.807, 2.05) is 0 Å². The third kappa shape index (κ3) is 6.27. The number of hydrogen-bond donors (Lipinski definition) is 2. The van der Waals surface area contributed by atoms with Crippen molar-refractivity contribution in [2.24, 2.45) is 5.73 Å². The molecule has 1 aliphatic heterocycles. The van der Waals surface area contributed by atoms with Crippen LogP contribution in [-0.2, 0) is 19.4 Å². The van der Waals surface area contributed by atoms with Crippen molar-refractivity contribution in [3.63, 3.8) is 0 Å². The Hall–Kier alpha value is -0.730. The molecule has 1 amide bonds. The molecule has 0 aromatic rings. The highest BCUT2D eigenvalue weighted by molar-refractivity contribution is 7.92. The van der Waals surface area contributed by atoms with E-state index in [0.29, 0.717) is 13.2 Å². The second-order valence-electron chi connectivity index (χ2n) is 4.25. The average molecular weight is 294 g/mol. The first-order chi connectivity index (χ1) is 8.39. The van der Waals surface area contributed by atoms with Gasteiger partial charge >= 0.3 is 0 Å². The van der Waals surface area contributed by atoms with Crippen LogP contribution in [0.3, 0.4) is 0 Å². The van der Waals surface area contributed by atoms with Crippen molar-refractivity contribution in [1.82, 2.24) is 5.32 Å². The van der Waals surface area contributed by atoms with Gasteiger partial charge in [-0.05, 0) is 12.8 Å². The highest BCUT2D eigenvalue weighted by atomic mass is 32.2. The standard InChI is InChI=1S/C10H18N2O4S2/c11-9(17)3-5-18(14,15)7-10(13)12-6-8-2-1-4-16-8/h8H,1-7H2,(H2,11,17)(H,12,13). The number of carbonyl (C=O) groups is 1. The molecule has 0 radical (unpaired) electrons. The Kier molecular flexibility index (Phi) is 5.97. The molecular weight excluding hydrogens is 276 g/mol. The van der Waals surface area contributed by atoms with E-state index in [1.165, 1.54) is 0 Å². The molecule has 0 bridgehead atoms. The summed E-state index contributed by atoms with van der Waals surface area (Å²) < 4.78 is 28.4. The van der Waals surface area contributed by atoms with Gasteiger partial charge < -0.3 is 15.8 Å². The van der Waals surface area contributed by atoms with Crippen LogP contribution in [0.2, 0.25) is 0 Å². The van der Waals surface area contributed by atoms with Crippen LogP contribution in [0, 0.1) is 0 Å². The van der Waals surface area contributed by atoms with Crippen molar-refractivity contribution >= 4 is 33.0 Å². The van der Waals surface area contributed by atoms with E-state index < -0.39 is 21.5 Å². The summed E-state index contributed by atoms with van der Waals surface area (Å²) in [5, 5.41) is 2.56. The van der Waals surface area contributed by atoms with Gasteiger partial charge in [0.2, 0.25) is 5.91 Å². The summed E-state index contributed by atoms with van der Waals surface area (Å²) in [5.74, 6) is -1.22. The molecule has 1 fully saturated rings. The van der Waals surface area contributed by atoms with Crippen LogP contribution in [0.25, 0.3) is 0 Å². The number of nitrogens with two attached hydrogens (primary N) is 1. The minimum Gasteiger partial charge on any atom is -0.393 e. The van der Waals surface area contributed by atoms with Crippen molar-refractivity contribution in [2.75, 3.05) is 24.7 Å². The van der Waals surface area contributed by atoms with E-state index in [4.69, 9.17) is 10.5 Å². The fourth-order valence-corrected chi connectivity index (χ4v) is 3.02. The van der Waals surface area contributed by atoms with Gasteiger partial charge in [0.1, 0.15) is 5.75 Å². The Morgan fingerprint density at radius 1 is 1.50 bits per heavy atom. The van der Waals surface area contributed by atoms with Gasteiger partial charge in [-0.15, -0.1) is 0 Å². The number of hydrogen-bond acceptors (Lipinski definition) is 5. The van der Waals surface area contributed by atoms with Crippen LogP contribution in [0.1, 0.15) is 19.3 Å². The molecule has 0 aliphatic carbocycles. The molecule has 1 rings (SSSR count). The first kappa shape index (κ1) is 15.3. The fourth-order valence-electron chi connectivity index (χ4n) is 1.61. The van der Waals surface area contributed by atoms with Crippen LogP contribution in [0.4, 0.5) is 0 Å². The average Bonchev–Trinajstić information content (AvgIpc) is 2.76. The van der Waals surface area contributed by atoms with Crippen molar-refractivity contribution in [2.45, 2.75) is 25.4 Å². The SMILES string of the molecule is NC(=S)CCS(=O)(=O)CC(=O)NCC1CCCO1. The van der Waals surface area contributed by atoms with Crippen LogP contribution >= 0.6 is 12.2 Å². The van der Waals surface area contributed by atoms with Crippen LogP contribution in [0.5, 0.6) is 0 Å². The van der Waals surface area contributed by atoms with Gasteiger partial charge in [-0.1, -0.05) is 12.2 Å². The molecular formula is C10H18N2O4S2. The van der Waals surface area contributed by atoms with Crippen molar-refractivity contribution < 1.29 is 17.9 Å². The smallest absolute Gasteiger partial charge is 0.235 e. The number of sulfone groups is 1. The quantitative estimate of drug-likeness (QED) is 0.607. The van der Waals surface area contributed by atoms with E-state index >= 15 is 0 Å². The molecule has 0 saturated carbocycles. The maximum atomic E-state index is 11.5. The number of ether oxygens (including phenoxy) is 1. The number of rotatable bonds is 7. The summed E-state index contributed by atoms with van der Waals surface area (Å²) in [4.78, 5) is 11.6. The number of thiocarbonyl (C=S) groups is 1. The molecule has 104 valence electrons. The largest absolute Gasteiger partial charge is 0.393 e. The monoisotopic (exact) mass is 294 g/mol. The van der Waals surface area contributed by atoms with E-state index in [9.17, 15) is 13.2 Å². The highest BCUT2D eigenvalue weighted by Gasteiger charge is 2.19. The minimum absolute atomic E-state index is 0.00766. The van der Waals surface area contributed by atoms with Gasteiger partial charge in [-0.2, -0.15) is 0 Å². The van der Waals surface area contributed by atoms with Crippen molar-refractivity contribution in [3.05, 3.63) is 0 Å². The molecule has 18 heavy (non-hydrogen) atoms. The molecule has 1 unspecified atom stereocenters. The first-order valence-corrected chi connectivity index (χ1v) is 7.99. The summed E-state index contributed by atoms with van der Waals surface area (Å²) in [6.45, 7) is 1.07. The summed E-state index contributed by atoms with van der Waals surface area (Å²) in [5.41, 5.74) is 5.22. The molecule has 1 aliphatic rings. The minimum atomic E-state index is -3.44. The summed E-state index contributed by atoms with van der Waals surface area (Å²) in [6.07, 6.45) is 1.99. The summed E-state index contributed by atoms with van der Waals surface area (Å²) >= 11 is 4.60. The number of nitrogens with one attached hydrogen (secondary N) is 1. The topological polar surface area (TPSA) is 98.5 Å². The molecule has 0 aromatic carbocycles. The Bertz CT molecular complexity index is 402. The maximum absolute atomic E-state index is 11.5. The molecule has 1 atom stereocenters. The number of amides is 1. The zero-order valence-corrected chi connectivity index (χ0v) is 11.7. The highest BCUT2D eigenvalue weighted by Crippen LogP contribution is 2.10. The van der Waals surface area contributed by atoms with E-state index in [1.54, 1.807) is 0 Å². The van der Waals surface area contributed by atoms with Gasteiger partial charge in [0.15, 0.2) is 9.84 Å². The summed E-state index contributed by atoms with van der Waals surface area (Å²) in [7, 11) is -3.44. The Balaban J connectivity index is 2.27. The van der Waals surface area contributed by atoms with Gasteiger partial charge in [0.25, 0.3) is 0 Å². The molecule has 1 saturated heterocycles. The van der Waals surface area contributed by atoms with Gasteiger partial charge in [-0.3, -0.25) is 4.79 Å². The zero-order chi connectivity index (χ0) is 13.6. The lowest BCUT2D eigenvalue weighted by atomic mass is 10.2. The van der Waals surface area contributed by atoms with Crippen LogP contribution in [-0.4, -0.2) is 50.1 Å². The molecule has 0 spiro atoms. The second kappa shape index (κ2) is 7.01. The molecule has 3 N–H and O–H groups in total. The molecule has 6 nitrogen and oxygen atoms in total. The van der Waals surface area contributed by atoms with Crippen molar-refractivity contribution in [1.29, 1.82) is 0 Å². The fraction of sp³-hybridized carbons (Fsp3) is 0.800. The third-order valence-corrected chi connectivity index (χ3v) is 4.29. The molecule has 1 heterocycles. The molecule has 0 aromatic heterocycles. The predicted octanol–water partition coefficient (Wildman–Crippen LogP) is -0.627. The van der Waals surface area contributed by atoms with E-state index in [2.05, 4.69) is 17.5 Å². The summed E-state index contributed by atoms with van der Waals surface area (Å²) in [6, 6.07) is 0. The van der Waals surface area contributed by atoms with Gasteiger partial charge in [0.05, 0.1) is 16.8 Å². The van der Waals surface area contributed by atoms with Crippen LogP contribution < -0.4 is 11.1 Å². The predicted molar refractivity (Wildman–Crippen MR) is 72.0 cm³/mol. The lowest BCUT2D eigenvalue weighted by Gasteiger charge is -2.10. The lowest BCUT2D eigenvalue weighted by Crippen LogP contribution is -2.36.